The molecular formula is C18H21N5O3. The number of carbonyl (C=O) groups excluding carboxylic acids is 1. The van der Waals surface area contributed by atoms with Crippen LogP contribution in [0.2, 0.25) is 0 Å². The third-order valence-corrected chi connectivity index (χ3v) is 4.63. The Labute approximate surface area is 150 Å². The van der Waals surface area contributed by atoms with E-state index in [1.165, 1.54) is 0 Å². The van der Waals surface area contributed by atoms with Crippen LogP contribution in [0.4, 0.5) is 0 Å². The number of fused-ring (bicyclic) bond motifs is 1. The zero-order chi connectivity index (χ0) is 18.1. The maximum absolute atomic E-state index is 12.4. The smallest absolute Gasteiger partial charge is 0.271 e. The summed E-state index contributed by atoms with van der Waals surface area (Å²) in [6.45, 7) is 6.68. The Kier molecular flexibility index (Phi) is 4.34. The fourth-order valence-corrected chi connectivity index (χ4v) is 3.23. The molecule has 8 heteroatoms. The molecule has 1 atom stereocenters. The first-order valence-electron chi connectivity index (χ1n) is 8.64. The van der Waals surface area contributed by atoms with Crippen molar-refractivity contribution in [1.29, 1.82) is 0 Å². The molecule has 3 aromatic rings. The van der Waals surface area contributed by atoms with Crippen molar-refractivity contribution in [3.8, 4) is 0 Å². The number of rotatable bonds is 5. The van der Waals surface area contributed by atoms with E-state index in [4.69, 9.17) is 8.94 Å². The second kappa shape index (κ2) is 6.80. The van der Waals surface area contributed by atoms with E-state index in [9.17, 15) is 4.79 Å². The van der Waals surface area contributed by atoms with Gasteiger partial charge in [-0.15, -0.1) is 0 Å². The van der Waals surface area contributed by atoms with Crippen molar-refractivity contribution in [3.05, 3.63) is 59.4 Å². The predicted molar refractivity (Wildman–Crippen MR) is 92.2 cm³/mol. The van der Waals surface area contributed by atoms with Crippen LogP contribution in [0, 0.1) is 6.92 Å². The normalized spacial score (nSPS) is 17.2. The van der Waals surface area contributed by atoms with Gasteiger partial charge >= 0.3 is 0 Å². The van der Waals surface area contributed by atoms with Crippen molar-refractivity contribution in [2.75, 3.05) is 6.54 Å². The first-order valence-corrected chi connectivity index (χ1v) is 8.64. The van der Waals surface area contributed by atoms with Gasteiger partial charge in [-0.25, -0.2) is 4.98 Å². The summed E-state index contributed by atoms with van der Waals surface area (Å²) in [5.41, 5.74) is 1.34. The average molecular weight is 355 g/mol. The number of imidazole rings is 1. The minimum atomic E-state index is -0.200. The molecular weight excluding hydrogens is 334 g/mol. The highest BCUT2D eigenvalue weighted by atomic mass is 16.5. The standard InChI is InChI=1S/C18H21N5O3/c1-12-8-14(21-26-12)10-22-5-6-23-11-16(20-17(23)13(22)2)18(24)19-9-15-4-3-7-25-15/h3-4,7-8,11,13H,5-6,9-10H2,1-2H3,(H,19,24). The first kappa shape index (κ1) is 16.6. The number of carbonyl (C=O) groups is 1. The molecule has 0 aliphatic carbocycles. The molecule has 0 bridgehead atoms. The van der Waals surface area contributed by atoms with Gasteiger partial charge in [-0.2, -0.15) is 0 Å². The van der Waals surface area contributed by atoms with Gasteiger partial charge in [0.25, 0.3) is 5.91 Å². The van der Waals surface area contributed by atoms with Gasteiger partial charge < -0.3 is 18.8 Å². The van der Waals surface area contributed by atoms with Gasteiger partial charge in [0, 0.05) is 31.9 Å². The molecule has 0 spiro atoms. The van der Waals surface area contributed by atoms with Gasteiger partial charge in [0.2, 0.25) is 0 Å². The van der Waals surface area contributed by atoms with E-state index < -0.39 is 0 Å². The molecule has 1 unspecified atom stereocenters. The first-order chi connectivity index (χ1) is 12.6. The largest absolute Gasteiger partial charge is 0.467 e. The molecule has 1 aliphatic heterocycles. The fraction of sp³-hybridized carbons (Fsp3) is 0.389. The van der Waals surface area contributed by atoms with Crippen LogP contribution < -0.4 is 5.32 Å². The van der Waals surface area contributed by atoms with Crippen LogP contribution >= 0.6 is 0 Å². The van der Waals surface area contributed by atoms with Crippen molar-refractivity contribution in [1.82, 2.24) is 24.9 Å². The Balaban J connectivity index is 1.44. The highest BCUT2D eigenvalue weighted by molar-refractivity contribution is 5.92. The Bertz CT molecular complexity index is 896. The van der Waals surface area contributed by atoms with E-state index in [0.717, 1.165) is 30.4 Å². The Hall–Kier alpha value is -2.87. The van der Waals surface area contributed by atoms with Gasteiger partial charge in [0.15, 0.2) is 0 Å². The average Bonchev–Trinajstić information content (AvgIpc) is 3.36. The Morgan fingerprint density at radius 1 is 1.42 bits per heavy atom. The number of aromatic nitrogens is 3. The molecule has 1 N–H and O–H groups in total. The summed E-state index contributed by atoms with van der Waals surface area (Å²) < 4.78 is 12.4. The minimum absolute atomic E-state index is 0.0902. The van der Waals surface area contributed by atoms with E-state index in [-0.39, 0.29) is 11.9 Å². The quantitative estimate of drug-likeness (QED) is 0.755. The van der Waals surface area contributed by atoms with Crippen molar-refractivity contribution in [2.45, 2.75) is 39.5 Å². The molecule has 4 heterocycles. The lowest BCUT2D eigenvalue weighted by Gasteiger charge is -2.32. The fourth-order valence-electron chi connectivity index (χ4n) is 3.23. The van der Waals surface area contributed by atoms with E-state index in [1.807, 2.05) is 25.3 Å². The zero-order valence-corrected chi connectivity index (χ0v) is 14.8. The van der Waals surface area contributed by atoms with Crippen LogP contribution in [-0.4, -0.2) is 32.1 Å². The number of furan rings is 1. The lowest BCUT2D eigenvalue weighted by Crippen LogP contribution is -2.36. The lowest BCUT2D eigenvalue weighted by atomic mass is 10.2. The van der Waals surface area contributed by atoms with E-state index in [2.05, 4.69) is 31.8 Å². The van der Waals surface area contributed by atoms with Gasteiger partial charge in [-0.1, -0.05) is 5.16 Å². The molecule has 1 aliphatic rings. The second-order valence-electron chi connectivity index (χ2n) is 6.52. The molecule has 0 aromatic carbocycles. The Morgan fingerprint density at radius 3 is 3.04 bits per heavy atom. The summed E-state index contributed by atoms with van der Waals surface area (Å²) in [6, 6.07) is 5.65. The zero-order valence-electron chi connectivity index (χ0n) is 14.8. The van der Waals surface area contributed by atoms with E-state index >= 15 is 0 Å². The molecule has 0 saturated heterocycles. The topological polar surface area (TPSA) is 89.3 Å². The van der Waals surface area contributed by atoms with Crippen LogP contribution in [-0.2, 0) is 19.6 Å². The number of hydrogen-bond acceptors (Lipinski definition) is 6. The molecule has 136 valence electrons. The van der Waals surface area contributed by atoms with Crippen LogP contribution in [0.3, 0.4) is 0 Å². The number of aryl methyl sites for hydroxylation is 1. The molecule has 1 amide bonds. The summed E-state index contributed by atoms with van der Waals surface area (Å²) in [5, 5.41) is 6.90. The lowest BCUT2D eigenvalue weighted by molar-refractivity contribution is 0.0943. The summed E-state index contributed by atoms with van der Waals surface area (Å²) in [5.74, 6) is 2.21. The number of amides is 1. The van der Waals surface area contributed by atoms with Crippen LogP contribution in [0.1, 0.15) is 46.5 Å². The number of nitrogens with one attached hydrogen (secondary N) is 1. The number of hydrogen-bond donors (Lipinski definition) is 1. The molecule has 0 radical (unpaired) electrons. The van der Waals surface area contributed by atoms with Gasteiger partial charge in [0.1, 0.15) is 23.0 Å². The maximum atomic E-state index is 12.4. The van der Waals surface area contributed by atoms with Crippen molar-refractivity contribution in [2.24, 2.45) is 0 Å². The van der Waals surface area contributed by atoms with Gasteiger partial charge in [0.05, 0.1) is 24.5 Å². The van der Waals surface area contributed by atoms with Crippen molar-refractivity contribution < 1.29 is 13.7 Å². The molecule has 26 heavy (non-hydrogen) atoms. The van der Waals surface area contributed by atoms with Gasteiger partial charge in [-0.05, 0) is 26.0 Å². The third kappa shape index (κ3) is 3.28. The minimum Gasteiger partial charge on any atom is -0.467 e. The van der Waals surface area contributed by atoms with Crippen molar-refractivity contribution >= 4 is 5.91 Å². The Morgan fingerprint density at radius 2 is 2.31 bits per heavy atom. The number of nitrogens with zero attached hydrogens (tertiary/aromatic N) is 4. The van der Waals surface area contributed by atoms with E-state index in [0.29, 0.717) is 24.5 Å². The van der Waals surface area contributed by atoms with E-state index in [1.54, 1.807) is 12.3 Å². The van der Waals surface area contributed by atoms with Gasteiger partial charge in [-0.3, -0.25) is 9.69 Å². The third-order valence-electron chi connectivity index (χ3n) is 4.63. The predicted octanol–water partition coefficient (Wildman–Crippen LogP) is 2.28. The maximum Gasteiger partial charge on any atom is 0.271 e. The molecule has 0 saturated carbocycles. The highest BCUT2D eigenvalue weighted by Crippen LogP contribution is 2.26. The summed E-state index contributed by atoms with van der Waals surface area (Å²) in [6.07, 6.45) is 3.41. The summed E-state index contributed by atoms with van der Waals surface area (Å²) >= 11 is 0. The highest BCUT2D eigenvalue weighted by Gasteiger charge is 2.28. The molecule has 3 aromatic heterocycles. The van der Waals surface area contributed by atoms with Crippen LogP contribution in [0.5, 0.6) is 0 Å². The SMILES string of the molecule is Cc1cc(CN2CCn3cc(C(=O)NCc4ccco4)nc3C2C)no1. The van der Waals surface area contributed by atoms with Crippen LogP contribution in [0.15, 0.2) is 39.6 Å². The van der Waals surface area contributed by atoms with Crippen LogP contribution in [0.25, 0.3) is 0 Å². The van der Waals surface area contributed by atoms with Crippen molar-refractivity contribution in [3.63, 3.8) is 0 Å². The molecule has 4 rings (SSSR count). The monoisotopic (exact) mass is 355 g/mol. The molecule has 0 fully saturated rings. The summed E-state index contributed by atoms with van der Waals surface area (Å²) in [4.78, 5) is 19.2. The summed E-state index contributed by atoms with van der Waals surface area (Å²) in [7, 11) is 0. The second-order valence-corrected chi connectivity index (χ2v) is 6.52. The molecule has 8 nitrogen and oxygen atoms in total.